The van der Waals surface area contributed by atoms with Crippen molar-refractivity contribution in [1.29, 1.82) is 0 Å². The van der Waals surface area contributed by atoms with Crippen LogP contribution in [-0.2, 0) is 12.8 Å². The largest absolute Gasteiger partial charge is 0.0628 e. The Morgan fingerprint density at radius 3 is 1.40 bits per heavy atom. The Hall–Kier alpha value is -1.30. The van der Waals surface area contributed by atoms with Gasteiger partial charge in [0.1, 0.15) is 0 Å². The van der Waals surface area contributed by atoms with Crippen molar-refractivity contribution in [3.63, 3.8) is 0 Å². The van der Waals surface area contributed by atoms with E-state index in [0.717, 1.165) is 11.8 Å². The van der Waals surface area contributed by atoms with Crippen molar-refractivity contribution in [2.24, 2.45) is 11.8 Å². The van der Waals surface area contributed by atoms with Crippen LogP contribution in [0.1, 0.15) is 51.7 Å². The Bertz CT molecular complexity index is 498. The van der Waals surface area contributed by atoms with E-state index in [1.165, 1.54) is 47.6 Å². The van der Waals surface area contributed by atoms with E-state index >= 15 is 0 Å². The highest BCUT2D eigenvalue weighted by molar-refractivity contribution is 5.88. The third-order valence-corrected chi connectivity index (χ3v) is 4.08. The normalized spacial score (nSPS) is 11.7. The molecule has 0 aliphatic heterocycles. The Labute approximate surface area is 124 Å². The minimum absolute atomic E-state index is 0.773. The maximum absolute atomic E-state index is 2.30. The minimum Gasteiger partial charge on any atom is -0.0628 e. The average molecular weight is 268 g/mol. The van der Waals surface area contributed by atoms with Gasteiger partial charge in [0.15, 0.2) is 0 Å². The van der Waals surface area contributed by atoms with Crippen LogP contribution in [0, 0.1) is 11.8 Å². The van der Waals surface area contributed by atoms with E-state index in [9.17, 15) is 0 Å². The molecule has 0 nitrogen and oxygen atoms in total. The molecule has 2 aromatic rings. The predicted molar refractivity (Wildman–Crippen MR) is 90.3 cm³/mol. The van der Waals surface area contributed by atoms with E-state index in [4.69, 9.17) is 0 Å². The summed E-state index contributed by atoms with van der Waals surface area (Å²) < 4.78 is 0. The van der Waals surface area contributed by atoms with Crippen molar-refractivity contribution in [2.75, 3.05) is 0 Å². The van der Waals surface area contributed by atoms with Crippen molar-refractivity contribution in [2.45, 2.75) is 53.4 Å². The molecule has 0 aliphatic rings. The van der Waals surface area contributed by atoms with Crippen molar-refractivity contribution in [3.8, 4) is 0 Å². The third-order valence-electron chi connectivity index (χ3n) is 4.08. The summed E-state index contributed by atoms with van der Waals surface area (Å²) in [6, 6.07) is 13.7. The van der Waals surface area contributed by atoms with Crippen molar-refractivity contribution >= 4 is 10.8 Å². The Morgan fingerprint density at radius 1 is 0.650 bits per heavy atom. The summed E-state index contributed by atoms with van der Waals surface area (Å²) in [6.45, 7) is 9.22. The molecule has 0 radical (unpaired) electrons. The topological polar surface area (TPSA) is 0 Å². The average Bonchev–Trinajstić information content (AvgIpc) is 2.42. The molecule has 0 heterocycles. The molecule has 0 bridgehead atoms. The number of aryl methyl sites for hydroxylation is 2. The number of hydrogen-bond donors (Lipinski definition) is 0. The summed E-state index contributed by atoms with van der Waals surface area (Å²) in [5.41, 5.74) is 3.03. The highest BCUT2D eigenvalue weighted by Gasteiger charge is 2.06. The Kier molecular flexibility index (Phi) is 5.23. The molecule has 0 aromatic heterocycles. The van der Waals surface area contributed by atoms with E-state index in [1.54, 1.807) is 0 Å². The number of benzene rings is 2. The zero-order valence-electron chi connectivity index (χ0n) is 13.4. The van der Waals surface area contributed by atoms with Crippen molar-refractivity contribution in [3.05, 3.63) is 47.5 Å². The van der Waals surface area contributed by atoms with Crippen LogP contribution in [0.3, 0.4) is 0 Å². The van der Waals surface area contributed by atoms with Gasteiger partial charge in [-0.3, -0.25) is 0 Å². The van der Waals surface area contributed by atoms with Crippen molar-refractivity contribution in [1.82, 2.24) is 0 Å². The van der Waals surface area contributed by atoms with E-state index in [-0.39, 0.29) is 0 Å². The monoisotopic (exact) mass is 268 g/mol. The lowest BCUT2D eigenvalue weighted by Gasteiger charge is -2.12. The molecule has 0 atom stereocenters. The Balaban J connectivity index is 2.30. The van der Waals surface area contributed by atoms with Gasteiger partial charge in [0, 0.05) is 0 Å². The van der Waals surface area contributed by atoms with Crippen LogP contribution in [0.25, 0.3) is 10.8 Å². The predicted octanol–water partition coefficient (Wildman–Crippen LogP) is 6.02. The molecule has 20 heavy (non-hydrogen) atoms. The van der Waals surface area contributed by atoms with E-state index in [0.29, 0.717) is 0 Å². The molecule has 2 rings (SSSR count). The third kappa shape index (κ3) is 3.85. The van der Waals surface area contributed by atoms with Crippen LogP contribution >= 0.6 is 0 Å². The van der Waals surface area contributed by atoms with Gasteiger partial charge in [-0.15, -0.1) is 0 Å². The molecule has 0 aliphatic carbocycles. The van der Waals surface area contributed by atoms with Gasteiger partial charge in [0.2, 0.25) is 0 Å². The lowest BCUT2D eigenvalue weighted by atomic mass is 9.93. The van der Waals surface area contributed by atoms with Crippen LogP contribution < -0.4 is 0 Å². The van der Waals surface area contributed by atoms with Gasteiger partial charge in [0.25, 0.3) is 0 Å². The maximum atomic E-state index is 2.30. The standard InChI is InChI=1S/C20H28/c1-15(2)11-13-17-7-5-10-20-18(14-12-16(3)4)8-6-9-19(17)20/h5-10,15-16H,11-14H2,1-4H3. The fourth-order valence-corrected chi connectivity index (χ4v) is 2.76. The fraction of sp³-hybridized carbons (Fsp3) is 0.500. The molecule has 0 spiro atoms. The van der Waals surface area contributed by atoms with Gasteiger partial charge in [-0.25, -0.2) is 0 Å². The molecule has 0 saturated carbocycles. The molecule has 0 fully saturated rings. The summed E-state index contributed by atoms with van der Waals surface area (Å²) in [4.78, 5) is 0. The fourth-order valence-electron chi connectivity index (χ4n) is 2.76. The summed E-state index contributed by atoms with van der Waals surface area (Å²) in [5.74, 6) is 1.55. The first-order chi connectivity index (χ1) is 9.58. The number of hydrogen-bond acceptors (Lipinski definition) is 0. The first-order valence-corrected chi connectivity index (χ1v) is 8.07. The van der Waals surface area contributed by atoms with Crippen LogP contribution in [0.5, 0.6) is 0 Å². The molecule has 108 valence electrons. The molecule has 0 unspecified atom stereocenters. The van der Waals surface area contributed by atoms with Gasteiger partial charge in [-0.2, -0.15) is 0 Å². The minimum atomic E-state index is 0.773. The molecule has 0 heteroatoms. The van der Waals surface area contributed by atoms with Crippen LogP contribution in [0.2, 0.25) is 0 Å². The van der Waals surface area contributed by atoms with E-state index in [1.807, 2.05) is 0 Å². The summed E-state index contributed by atoms with van der Waals surface area (Å²) in [6.07, 6.45) is 4.94. The molecular weight excluding hydrogens is 240 g/mol. The number of fused-ring (bicyclic) bond motifs is 1. The summed E-state index contributed by atoms with van der Waals surface area (Å²) >= 11 is 0. The van der Waals surface area contributed by atoms with Gasteiger partial charge in [0.05, 0.1) is 0 Å². The summed E-state index contributed by atoms with van der Waals surface area (Å²) in [7, 11) is 0. The highest BCUT2D eigenvalue weighted by Crippen LogP contribution is 2.25. The zero-order valence-corrected chi connectivity index (χ0v) is 13.4. The highest BCUT2D eigenvalue weighted by atomic mass is 14.1. The quantitative estimate of drug-likeness (QED) is 0.601. The van der Waals surface area contributed by atoms with Crippen LogP contribution in [0.4, 0.5) is 0 Å². The van der Waals surface area contributed by atoms with Crippen molar-refractivity contribution < 1.29 is 0 Å². The van der Waals surface area contributed by atoms with Gasteiger partial charge >= 0.3 is 0 Å². The number of rotatable bonds is 6. The molecule has 2 aromatic carbocycles. The SMILES string of the molecule is CC(C)CCc1cccc2c(CCC(C)C)cccc12. The first-order valence-electron chi connectivity index (χ1n) is 8.07. The summed E-state index contributed by atoms with van der Waals surface area (Å²) in [5, 5.41) is 2.93. The van der Waals surface area contributed by atoms with E-state index in [2.05, 4.69) is 64.1 Å². The van der Waals surface area contributed by atoms with E-state index < -0.39 is 0 Å². The van der Waals surface area contributed by atoms with Gasteiger partial charge in [-0.05, 0) is 59.4 Å². The second kappa shape index (κ2) is 6.92. The molecule has 0 N–H and O–H groups in total. The van der Waals surface area contributed by atoms with Gasteiger partial charge in [-0.1, -0.05) is 64.1 Å². The van der Waals surface area contributed by atoms with Gasteiger partial charge < -0.3 is 0 Å². The second-order valence-corrected chi connectivity index (χ2v) is 6.79. The van der Waals surface area contributed by atoms with Crippen LogP contribution in [0.15, 0.2) is 36.4 Å². The van der Waals surface area contributed by atoms with Crippen LogP contribution in [-0.4, -0.2) is 0 Å². The molecular formula is C20H28. The second-order valence-electron chi connectivity index (χ2n) is 6.79. The maximum Gasteiger partial charge on any atom is -0.0149 e. The lowest BCUT2D eigenvalue weighted by molar-refractivity contribution is 0.587. The lowest BCUT2D eigenvalue weighted by Crippen LogP contribution is -1.96. The first kappa shape index (κ1) is 15.1. The molecule has 0 saturated heterocycles. The molecule has 0 amide bonds. The zero-order chi connectivity index (χ0) is 14.5. The Morgan fingerprint density at radius 2 is 1.05 bits per heavy atom. The smallest absolute Gasteiger partial charge is 0.0149 e.